The van der Waals surface area contributed by atoms with Gasteiger partial charge in [-0.05, 0) is 73.3 Å². The Morgan fingerprint density at radius 1 is 1.26 bits per heavy atom. The van der Waals surface area contributed by atoms with Gasteiger partial charge in [-0.3, -0.25) is 4.79 Å². The Kier molecular flexibility index (Phi) is 3.02. The quantitative estimate of drug-likeness (QED) is 0.789. The van der Waals surface area contributed by atoms with Gasteiger partial charge in [0.1, 0.15) is 5.78 Å². The van der Waals surface area contributed by atoms with E-state index in [0.29, 0.717) is 5.78 Å². The molecule has 0 saturated heterocycles. The van der Waals surface area contributed by atoms with Gasteiger partial charge in [0.25, 0.3) is 0 Å². The maximum absolute atomic E-state index is 12.7. The van der Waals surface area contributed by atoms with Crippen LogP contribution in [0.3, 0.4) is 0 Å². The number of ketones is 1. The second-order valence-corrected chi connectivity index (χ2v) is 7.85. The molecule has 0 spiro atoms. The van der Waals surface area contributed by atoms with E-state index in [-0.39, 0.29) is 5.92 Å². The summed E-state index contributed by atoms with van der Waals surface area (Å²) in [6, 6.07) is 2.21. The summed E-state index contributed by atoms with van der Waals surface area (Å²) < 4.78 is 0. The maximum atomic E-state index is 12.7. The van der Waals surface area contributed by atoms with Crippen molar-refractivity contribution in [3.63, 3.8) is 0 Å². The first-order valence-corrected chi connectivity index (χ1v) is 8.78. The van der Waals surface area contributed by atoms with E-state index in [1.165, 1.54) is 49.0 Å². The summed E-state index contributed by atoms with van der Waals surface area (Å²) in [6.07, 6.45) is 9.99. The zero-order valence-corrected chi connectivity index (χ0v) is 12.3. The van der Waals surface area contributed by atoms with E-state index in [4.69, 9.17) is 0 Å². The van der Waals surface area contributed by atoms with Crippen LogP contribution in [-0.2, 0) is 11.2 Å². The summed E-state index contributed by atoms with van der Waals surface area (Å²) in [5.41, 5.74) is 1.38. The van der Waals surface area contributed by atoms with Gasteiger partial charge in [0, 0.05) is 17.2 Å². The highest BCUT2D eigenvalue weighted by Gasteiger charge is 2.41. The first-order valence-electron chi connectivity index (χ1n) is 7.90. The van der Waals surface area contributed by atoms with E-state index in [1.807, 2.05) is 11.3 Å². The van der Waals surface area contributed by atoms with E-state index < -0.39 is 0 Å². The van der Waals surface area contributed by atoms with Crippen molar-refractivity contribution in [2.24, 2.45) is 17.8 Å². The third-order valence-electron chi connectivity index (χ3n) is 5.79. The fraction of sp³-hybridized carbons (Fsp3) is 0.706. The molecule has 19 heavy (non-hydrogen) atoms. The van der Waals surface area contributed by atoms with Crippen molar-refractivity contribution >= 4 is 17.1 Å². The van der Waals surface area contributed by atoms with Gasteiger partial charge >= 0.3 is 0 Å². The van der Waals surface area contributed by atoms with E-state index in [2.05, 4.69) is 11.4 Å². The van der Waals surface area contributed by atoms with Crippen LogP contribution in [0.15, 0.2) is 11.4 Å². The highest BCUT2D eigenvalue weighted by Crippen LogP contribution is 2.50. The Labute approximate surface area is 119 Å². The molecule has 2 bridgehead atoms. The molecule has 3 aliphatic rings. The molecule has 2 fully saturated rings. The lowest BCUT2D eigenvalue weighted by atomic mass is 9.78. The lowest BCUT2D eigenvalue weighted by Crippen LogP contribution is -2.22. The average molecular weight is 274 g/mol. The molecule has 0 aromatic carbocycles. The third-order valence-corrected chi connectivity index (χ3v) is 6.79. The van der Waals surface area contributed by atoms with Crippen molar-refractivity contribution in [2.75, 3.05) is 0 Å². The molecule has 4 unspecified atom stereocenters. The van der Waals surface area contributed by atoms with E-state index in [1.54, 1.807) is 0 Å². The first-order chi connectivity index (χ1) is 9.31. The van der Waals surface area contributed by atoms with Crippen molar-refractivity contribution in [2.45, 2.75) is 57.3 Å². The van der Waals surface area contributed by atoms with Gasteiger partial charge in [0.05, 0.1) is 0 Å². The molecular weight excluding hydrogens is 252 g/mol. The molecule has 4 atom stereocenters. The number of rotatable bonds is 3. The topological polar surface area (TPSA) is 17.1 Å². The minimum Gasteiger partial charge on any atom is -0.299 e. The normalized spacial score (nSPS) is 36.4. The van der Waals surface area contributed by atoms with Gasteiger partial charge in [-0.15, -0.1) is 11.3 Å². The molecule has 0 N–H and O–H groups in total. The average Bonchev–Trinajstić information content (AvgIpc) is 3.13. The van der Waals surface area contributed by atoms with Crippen LogP contribution in [0.1, 0.15) is 61.3 Å². The summed E-state index contributed by atoms with van der Waals surface area (Å²) >= 11 is 1.85. The Bertz CT molecular complexity index is 489. The zero-order valence-electron chi connectivity index (χ0n) is 11.4. The fourth-order valence-corrected chi connectivity index (χ4v) is 5.84. The molecular formula is C17H22OS. The SMILES string of the molecule is O=C(CC1CC2CCC1C2)C1CCCc2sccc21. The molecule has 102 valence electrons. The molecule has 1 aromatic heterocycles. The number of carbonyl (C=O) groups excluding carboxylic acids is 1. The van der Waals surface area contributed by atoms with Crippen molar-refractivity contribution in [3.8, 4) is 0 Å². The van der Waals surface area contributed by atoms with Crippen molar-refractivity contribution in [1.82, 2.24) is 0 Å². The van der Waals surface area contributed by atoms with Gasteiger partial charge in [-0.25, -0.2) is 0 Å². The van der Waals surface area contributed by atoms with Gasteiger partial charge in [0.15, 0.2) is 0 Å². The standard InChI is InChI=1S/C17H22OS/c18-16(10-13-9-11-4-5-12(13)8-11)14-2-1-3-17-15(14)6-7-19-17/h6-7,11-14H,1-5,8-10H2. The Morgan fingerprint density at radius 2 is 2.21 bits per heavy atom. The van der Waals surface area contributed by atoms with Gasteiger partial charge in [0.2, 0.25) is 0 Å². The number of carbonyl (C=O) groups is 1. The smallest absolute Gasteiger partial charge is 0.140 e. The van der Waals surface area contributed by atoms with Crippen LogP contribution in [0.5, 0.6) is 0 Å². The van der Waals surface area contributed by atoms with E-state index >= 15 is 0 Å². The number of thiophene rings is 1. The predicted molar refractivity (Wildman–Crippen MR) is 78.6 cm³/mol. The maximum Gasteiger partial charge on any atom is 0.140 e. The summed E-state index contributed by atoms with van der Waals surface area (Å²) in [6.45, 7) is 0. The molecule has 2 heteroatoms. The monoisotopic (exact) mass is 274 g/mol. The molecule has 0 aliphatic heterocycles. The van der Waals surface area contributed by atoms with Gasteiger partial charge in [-0.1, -0.05) is 6.42 Å². The van der Waals surface area contributed by atoms with Crippen LogP contribution < -0.4 is 0 Å². The highest BCUT2D eigenvalue weighted by molar-refractivity contribution is 7.10. The molecule has 0 radical (unpaired) electrons. The van der Waals surface area contributed by atoms with Crippen LogP contribution >= 0.6 is 11.3 Å². The number of fused-ring (bicyclic) bond motifs is 3. The highest BCUT2D eigenvalue weighted by atomic mass is 32.1. The molecule has 4 rings (SSSR count). The van der Waals surface area contributed by atoms with Crippen LogP contribution in [-0.4, -0.2) is 5.78 Å². The molecule has 1 heterocycles. The molecule has 1 aromatic rings. The number of hydrogen-bond donors (Lipinski definition) is 0. The second-order valence-electron chi connectivity index (χ2n) is 6.85. The minimum absolute atomic E-state index is 0.245. The van der Waals surface area contributed by atoms with Crippen LogP contribution in [0, 0.1) is 17.8 Å². The van der Waals surface area contributed by atoms with E-state index in [9.17, 15) is 4.79 Å². The molecule has 2 saturated carbocycles. The van der Waals surface area contributed by atoms with Gasteiger partial charge in [-0.2, -0.15) is 0 Å². The van der Waals surface area contributed by atoms with Crippen LogP contribution in [0.4, 0.5) is 0 Å². The molecule has 1 nitrogen and oxygen atoms in total. The number of Topliss-reactive ketones (excluding diaryl/α,β-unsaturated/α-hetero) is 1. The van der Waals surface area contributed by atoms with Crippen LogP contribution in [0.25, 0.3) is 0 Å². The molecule has 0 amide bonds. The summed E-state index contributed by atoms with van der Waals surface area (Å²) in [7, 11) is 0. The van der Waals surface area contributed by atoms with Crippen molar-refractivity contribution < 1.29 is 4.79 Å². The summed E-state index contributed by atoms with van der Waals surface area (Å²) in [5, 5.41) is 2.17. The predicted octanol–water partition coefficient (Wildman–Crippen LogP) is 4.56. The minimum atomic E-state index is 0.245. The fourth-order valence-electron chi connectivity index (χ4n) is 4.85. The Balaban J connectivity index is 1.47. The summed E-state index contributed by atoms with van der Waals surface area (Å²) in [5.74, 6) is 3.38. The summed E-state index contributed by atoms with van der Waals surface area (Å²) in [4.78, 5) is 14.2. The lowest BCUT2D eigenvalue weighted by molar-refractivity contribution is -0.122. The Morgan fingerprint density at radius 3 is 3.00 bits per heavy atom. The van der Waals surface area contributed by atoms with Crippen molar-refractivity contribution in [1.29, 1.82) is 0 Å². The van der Waals surface area contributed by atoms with Gasteiger partial charge < -0.3 is 0 Å². The lowest BCUT2D eigenvalue weighted by Gasteiger charge is -2.26. The first kappa shape index (κ1) is 12.1. The van der Waals surface area contributed by atoms with E-state index in [0.717, 1.165) is 30.6 Å². The number of hydrogen-bond acceptors (Lipinski definition) is 2. The largest absolute Gasteiger partial charge is 0.299 e. The molecule has 3 aliphatic carbocycles. The third kappa shape index (κ3) is 2.08. The van der Waals surface area contributed by atoms with Crippen molar-refractivity contribution in [3.05, 3.63) is 21.9 Å². The number of aryl methyl sites for hydroxylation is 1. The van der Waals surface area contributed by atoms with Crippen LogP contribution in [0.2, 0.25) is 0 Å². The second kappa shape index (κ2) is 4.73. The Hall–Kier alpha value is -0.630. The zero-order chi connectivity index (χ0) is 12.8.